The topological polar surface area (TPSA) is 727 Å². The molecule has 7 fully saturated rings. The number of nitrogens with one attached hydrogen (secondary N) is 3. The number of hydrogen-bond donors (Lipinski definition) is 27. The number of ether oxygens (including phenoxy) is 13. The van der Waals surface area contributed by atoms with Gasteiger partial charge in [0.15, 0.2) is 31.5 Å². The molecule has 27 N–H and O–H groups in total. The van der Waals surface area contributed by atoms with E-state index in [0.29, 0.717) is 0 Å². The average molecular weight is 1450 g/mol. The van der Waals surface area contributed by atoms with Crippen LogP contribution in [0.15, 0.2) is 0 Å². The fourth-order valence-electron chi connectivity index (χ4n) is 12.6. The molecule has 0 unspecified atom stereocenters. The smallest absolute Gasteiger partial charge is 0.364 e. The molecular formula is C54H89N3O42. The Morgan fingerprint density at radius 2 is 0.788 bits per heavy atom. The number of carboxylic acid groups (broad SMARTS) is 2. The molecule has 0 radical (unpaired) electrons. The normalized spacial score (nSPS) is 45.7. The zero-order valence-electron chi connectivity index (χ0n) is 52.7. The van der Waals surface area contributed by atoms with Crippen LogP contribution in [0, 0.1) is 0 Å². The first-order chi connectivity index (χ1) is 46.5. The van der Waals surface area contributed by atoms with Crippen LogP contribution in [0.25, 0.3) is 0 Å². The quantitative estimate of drug-likeness (QED) is 0.0346. The van der Waals surface area contributed by atoms with Gasteiger partial charge in [-0.15, -0.1) is 0 Å². The molecule has 7 aliphatic heterocycles. The molecule has 0 saturated carbocycles. The highest BCUT2D eigenvalue weighted by molar-refractivity contribution is 5.77. The maximum Gasteiger partial charge on any atom is 0.364 e. The largest absolute Gasteiger partial charge is 0.477 e. The lowest BCUT2D eigenvalue weighted by molar-refractivity contribution is -0.393. The minimum atomic E-state index is -3.54. The first kappa shape index (κ1) is 82.2. The van der Waals surface area contributed by atoms with Crippen molar-refractivity contribution in [1.82, 2.24) is 16.0 Å². The highest BCUT2D eigenvalue weighted by Crippen LogP contribution is 2.42. The third-order valence-electron chi connectivity index (χ3n) is 17.7. The Bertz CT molecular complexity index is 2640. The number of aliphatic hydroxyl groups excluding tert-OH is 22. The number of carbonyl (C=O) groups is 5. The summed E-state index contributed by atoms with van der Waals surface area (Å²) in [6, 6.07) is -5.82. The summed E-state index contributed by atoms with van der Waals surface area (Å²) in [7, 11) is 0. The molecule has 0 spiro atoms. The van der Waals surface area contributed by atoms with Crippen molar-refractivity contribution in [2.45, 2.75) is 260 Å². The molecule has 99 heavy (non-hydrogen) atoms. The van der Waals surface area contributed by atoms with Gasteiger partial charge < -0.3 is 200 Å². The SMILES string of the molecule is CC(=O)N[C@H]1[C@H](O[C@H]2[C@@H](O)[C@@H](CO)O[C@H](O[C@@H]3[C@H](O)[C@@H](O)[C@H](O[C@H]4[C@H](O)[C@@H](O)[C@H](O)O[C@@H]4CO)O[C@@H]3CO)[C@@H]2O)O[C@H](CO)[C@H](O)[C@@H]1O[C@@H]1O[C@H](CO)[C@H](O)[C@H](O[C@]2(C(=O)O)C[C@H](O)[C@@H](NC(C)=O)[C@H]([C@H](O)[C@@H](CO)O[C@]3(C(=O)O)C[C@H](O)[C@@H](NC(C)=O)[C@H]([C@H](O)[C@H](O)CO)O3)O2)[C@H]1O. The van der Waals surface area contributed by atoms with E-state index in [9.17, 15) is 147 Å². The zero-order valence-corrected chi connectivity index (χ0v) is 52.7. The first-order valence-corrected chi connectivity index (χ1v) is 30.9. The van der Waals surface area contributed by atoms with Crippen molar-refractivity contribution in [3.05, 3.63) is 0 Å². The van der Waals surface area contributed by atoms with Crippen molar-refractivity contribution >= 4 is 29.7 Å². The van der Waals surface area contributed by atoms with Gasteiger partial charge in [0.05, 0.1) is 70.5 Å². The lowest BCUT2D eigenvalue weighted by Gasteiger charge is -2.52. The van der Waals surface area contributed by atoms with Gasteiger partial charge in [0.2, 0.25) is 17.7 Å². The Hall–Kier alpha value is -4.05. The fourth-order valence-corrected chi connectivity index (χ4v) is 12.6. The first-order valence-electron chi connectivity index (χ1n) is 30.9. The standard InChI is InChI=1S/C54H89N3O42/c1-13(65)55-25-16(68)4-53(51(83)84,97-42(25)28(71)18(70)6-58)96-22(10-62)32(75)43-26(56-14(2)66)17(69)5-54(98-43,52(85)86)99-45-31(74)21(9-61)90-50(38(45)81)94-41-27(57-15(3)67)47(88-19(7-59)29(41)72)95-44-30(73)20(8-60)89-49(37(44)80)93-40-24(12-64)91-48(36(79)34(40)77)92-39-23(11-63)87-46(82)35(78)33(39)76/h16-50,58-64,68-82H,4-12H2,1-3H3,(H,55,65)(H,56,66)(H,57,67)(H,83,84)(H,85,86)/t16-,17-,18+,19+,20+,21+,22+,23+,24+,25+,26+,27+,28+,29-,30-,31-,32+,33+,34+,35+,36+,37+,38+,39+,40-,41+,42+,43+,44-,45-,46+,47-,48-,49+,50-,53+,54-/m0/s1. The van der Waals surface area contributed by atoms with Gasteiger partial charge in [-0.25, -0.2) is 9.59 Å². The van der Waals surface area contributed by atoms with Gasteiger partial charge >= 0.3 is 11.9 Å². The number of carboxylic acids is 2. The molecule has 0 bridgehead atoms. The molecular weight excluding hydrogens is 1360 g/mol. The Morgan fingerprint density at radius 1 is 0.414 bits per heavy atom. The van der Waals surface area contributed by atoms with Crippen molar-refractivity contribution in [2.75, 3.05) is 46.2 Å². The van der Waals surface area contributed by atoms with Gasteiger partial charge in [-0.2, -0.15) is 0 Å². The second-order valence-electron chi connectivity index (χ2n) is 24.6. The third-order valence-corrected chi connectivity index (χ3v) is 17.7. The minimum Gasteiger partial charge on any atom is -0.477 e. The van der Waals surface area contributed by atoms with Crippen molar-refractivity contribution in [3.8, 4) is 0 Å². The summed E-state index contributed by atoms with van der Waals surface area (Å²) >= 11 is 0. The number of aliphatic hydroxyl groups is 22. The van der Waals surface area contributed by atoms with Crippen molar-refractivity contribution in [2.24, 2.45) is 0 Å². The molecule has 7 saturated heterocycles. The second-order valence-corrected chi connectivity index (χ2v) is 24.6. The summed E-state index contributed by atoms with van der Waals surface area (Å²) in [5, 5.41) is 269. The van der Waals surface area contributed by atoms with Crippen LogP contribution in [0.3, 0.4) is 0 Å². The van der Waals surface area contributed by atoms with E-state index in [2.05, 4.69) is 16.0 Å². The highest BCUT2D eigenvalue weighted by atomic mass is 16.8. The summed E-state index contributed by atoms with van der Waals surface area (Å²) in [4.78, 5) is 64.6. The Labute approximate surface area is 558 Å². The molecule has 0 aromatic heterocycles. The van der Waals surface area contributed by atoms with E-state index in [-0.39, 0.29) is 0 Å². The summed E-state index contributed by atoms with van der Waals surface area (Å²) < 4.78 is 74.0. The molecule has 45 heteroatoms. The number of aliphatic carboxylic acids is 2. The molecule has 7 rings (SSSR count). The zero-order chi connectivity index (χ0) is 73.8. The molecule has 0 aromatic carbocycles. The Balaban J connectivity index is 1.15. The number of amides is 3. The second kappa shape index (κ2) is 34.7. The van der Waals surface area contributed by atoms with Crippen LogP contribution in [-0.2, 0) is 85.6 Å². The van der Waals surface area contributed by atoms with Crippen molar-refractivity contribution in [3.63, 3.8) is 0 Å². The van der Waals surface area contributed by atoms with E-state index >= 15 is 0 Å². The van der Waals surface area contributed by atoms with Gasteiger partial charge in [-0.05, 0) is 0 Å². The minimum absolute atomic E-state index is 0.862. The highest BCUT2D eigenvalue weighted by Gasteiger charge is 2.64. The van der Waals surface area contributed by atoms with Crippen LogP contribution in [0.1, 0.15) is 33.6 Å². The summed E-state index contributed by atoms with van der Waals surface area (Å²) in [5.41, 5.74) is 0. The lowest BCUT2D eigenvalue weighted by atomic mass is 9.87. The van der Waals surface area contributed by atoms with E-state index in [1.165, 1.54) is 0 Å². The van der Waals surface area contributed by atoms with Crippen molar-refractivity contribution < 1.29 is 208 Å². The summed E-state index contributed by atoms with van der Waals surface area (Å²) in [6.45, 7) is -5.70. The number of carbonyl (C=O) groups excluding carboxylic acids is 3. The van der Waals surface area contributed by atoms with Gasteiger partial charge in [-0.3, -0.25) is 14.4 Å². The monoisotopic (exact) mass is 1450 g/mol. The van der Waals surface area contributed by atoms with E-state index in [1.807, 2.05) is 0 Å². The van der Waals surface area contributed by atoms with Crippen LogP contribution in [0.4, 0.5) is 0 Å². The maximum absolute atomic E-state index is 13.6. The number of hydrogen-bond acceptors (Lipinski definition) is 40. The molecule has 7 aliphatic rings. The fraction of sp³-hybridized carbons (Fsp3) is 0.907. The van der Waals surface area contributed by atoms with E-state index < -0.39 is 315 Å². The Kier molecular flexibility index (Phi) is 28.8. The summed E-state index contributed by atoms with van der Waals surface area (Å²) in [6.07, 6.45) is -72.6. The van der Waals surface area contributed by atoms with Crippen LogP contribution in [-0.4, -0.2) is 424 Å². The molecule has 7 heterocycles. The van der Waals surface area contributed by atoms with E-state index in [4.69, 9.17) is 61.6 Å². The Morgan fingerprint density at radius 3 is 1.25 bits per heavy atom. The summed E-state index contributed by atoms with van der Waals surface area (Å²) in [5.74, 6) is -14.3. The lowest BCUT2D eigenvalue weighted by Crippen LogP contribution is -2.72. The van der Waals surface area contributed by atoms with Gasteiger partial charge in [0, 0.05) is 33.6 Å². The maximum atomic E-state index is 13.6. The average Bonchev–Trinajstić information content (AvgIpc) is 0.765. The van der Waals surface area contributed by atoms with Gasteiger partial charge in [0.25, 0.3) is 11.6 Å². The van der Waals surface area contributed by atoms with Gasteiger partial charge in [-0.1, -0.05) is 0 Å². The molecule has 572 valence electrons. The van der Waals surface area contributed by atoms with Crippen molar-refractivity contribution in [1.29, 1.82) is 0 Å². The van der Waals surface area contributed by atoms with Crippen LogP contribution in [0.5, 0.6) is 0 Å². The van der Waals surface area contributed by atoms with Gasteiger partial charge in [0.1, 0.15) is 159 Å². The molecule has 45 nitrogen and oxygen atoms in total. The van der Waals surface area contributed by atoms with E-state index in [1.54, 1.807) is 0 Å². The van der Waals surface area contributed by atoms with E-state index in [0.717, 1.165) is 20.8 Å². The molecule has 37 atom stereocenters. The third kappa shape index (κ3) is 17.7. The molecule has 3 amide bonds. The van der Waals surface area contributed by atoms with Crippen LogP contribution in [0.2, 0.25) is 0 Å². The molecule has 0 aromatic rings. The predicted octanol–water partition coefficient (Wildman–Crippen LogP) is -17.4. The molecule has 0 aliphatic carbocycles. The van der Waals surface area contributed by atoms with Crippen LogP contribution >= 0.6 is 0 Å². The number of rotatable bonds is 28. The predicted molar refractivity (Wildman–Crippen MR) is 301 cm³/mol. The van der Waals surface area contributed by atoms with Crippen LogP contribution < -0.4 is 16.0 Å².